The molecule has 0 saturated carbocycles. The SMILES string of the molecule is CC1CCCCN1S(=O)(=O)c1ccc(CC(N)=S)cc1. The number of hydrogen-bond donors (Lipinski definition) is 1. The van der Waals surface area contributed by atoms with E-state index in [1.807, 2.05) is 6.92 Å². The molecule has 4 nitrogen and oxygen atoms in total. The minimum Gasteiger partial charge on any atom is -0.393 e. The highest BCUT2D eigenvalue weighted by Crippen LogP contribution is 2.25. The third-order valence-corrected chi connectivity index (χ3v) is 5.82. The number of sulfonamides is 1. The van der Waals surface area contributed by atoms with E-state index in [1.54, 1.807) is 28.6 Å². The highest BCUT2D eigenvalue weighted by molar-refractivity contribution is 7.89. The molecule has 0 bridgehead atoms. The fraction of sp³-hybridized carbons (Fsp3) is 0.500. The van der Waals surface area contributed by atoms with Gasteiger partial charge in [-0.25, -0.2) is 8.42 Å². The Bertz CT molecular complexity index is 582. The highest BCUT2D eigenvalue weighted by Gasteiger charge is 2.30. The fourth-order valence-corrected chi connectivity index (χ4v) is 4.41. The Morgan fingerprint density at radius 2 is 2.00 bits per heavy atom. The van der Waals surface area contributed by atoms with Gasteiger partial charge in [0.25, 0.3) is 0 Å². The van der Waals surface area contributed by atoms with Gasteiger partial charge in [0.05, 0.1) is 9.88 Å². The largest absolute Gasteiger partial charge is 0.393 e. The van der Waals surface area contributed by atoms with Gasteiger partial charge in [-0.1, -0.05) is 30.8 Å². The maximum atomic E-state index is 12.6. The summed E-state index contributed by atoms with van der Waals surface area (Å²) in [6, 6.07) is 6.92. The Morgan fingerprint density at radius 1 is 1.35 bits per heavy atom. The van der Waals surface area contributed by atoms with Gasteiger partial charge >= 0.3 is 0 Å². The van der Waals surface area contributed by atoms with Gasteiger partial charge in [-0.2, -0.15) is 4.31 Å². The number of rotatable bonds is 4. The van der Waals surface area contributed by atoms with Crippen LogP contribution in [0.15, 0.2) is 29.2 Å². The Kier molecular flexibility index (Phi) is 4.78. The van der Waals surface area contributed by atoms with Crippen LogP contribution in [0.1, 0.15) is 31.7 Å². The summed E-state index contributed by atoms with van der Waals surface area (Å²) in [4.78, 5) is 0.753. The molecule has 0 aliphatic carbocycles. The molecule has 20 heavy (non-hydrogen) atoms. The molecule has 110 valence electrons. The number of benzene rings is 1. The Hall–Kier alpha value is -0.980. The smallest absolute Gasteiger partial charge is 0.243 e. The quantitative estimate of drug-likeness (QED) is 0.865. The molecule has 1 unspecified atom stereocenters. The number of piperidine rings is 1. The lowest BCUT2D eigenvalue weighted by molar-refractivity contribution is 0.268. The van der Waals surface area contributed by atoms with Gasteiger partial charge < -0.3 is 5.73 Å². The van der Waals surface area contributed by atoms with E-state index in [0.717, 1.165) is 24.8 Å². The zero-order valence-electron chi connectivity index (χ0n) is 11.6. The summed E-state index contributed by atoms with van der Waals surface area (Å²) in [6.45, 7) is 2.58. The van der Waals surface area contributed by atoms with E-state index < -0.39 is 10.0 Å². The zero-order valence-corrected chi connectivity index (χ0v) is 13.2. The fourth-order valence-electron chi connectivity index (χ4n) is 2.54. The minimum atomic E-state index is -3.39. The van der Waals surface area contributed by atoms with Crippen LogP contribution < -0.4 is 5.73 Å². The second-order valence-electron chi connectivity index (χ2n) is 5.25. The molecule has 0 amide bonds. The van der Waals surface area contributed by atoms with Gasteiger partial charge in [0.2, 0.25) is 10.0 Å². The lowest BCUT2D eigenvalue weighted by Gasteiger charge is -2.32. The highest BCUT2D eigenvalue weighted by atomic mass is 32.2. The molecular weight excluding hydrogens is 292 g/mol. The first kappa shape index (κ1) is 15.4. The molecule has 1 aliphatic rings. The summed E-state index contributed by atoms with van der Waals surface area (Å²) in [6.07, 6.45) is 3.46. The van der Waals surface area contributed by atoms with Crippen LogP contribution in [0.25, 0.3) is 0 Å². The summed E-state index contributed by atoms with van der Waals surface area (Å²) in [5.74, 6) is 0. The summed E-state index contributed by atoms with van der Waals surface area (Å²) < 4.78 is 26.8. The topological polar surface area (TPSA) is 63.4 Å². The first-order valence-electron chi connectivity index (χ1n) is 6.80. The molecule has 1 aromatic carbocycles. The van der Waals surface area contributed by atoms with Crippen molar-refractivity contribution in [3.05, 3.63) is 29.8 Å². The third kappa shape index (κ3) is 3.37. The molecule has 0 radical (unpaired) electrons. The number of nitrogens with zero attached hydrogens (tertiary/aromatic N) is 1. The van der Waals surface area contributed by atoms with Crippen LogP contribution in [-0.4, -0.2) is 30.3 Å². The van der Waals surface area contributed by atoms with Crippen LogP contribution in [0.3, 0.4) is 0 Å². The monoisotopic (exact) mass is 312 g/mol. The Balaban J connectivity index is 2.23. The van der Waals surface area contributed by atoms with Gasteiger partial charge in [0.1, 0.15) is 0 Å². The molecule has 0 aromatic heterocycles. The second-order valence-corrected chi connectivity index (χ2v) is 7.66. The molecule has 1 atom stereocenters. The van der Waals surface area contributed by atoms with E-state index >= 15 is 0 Å². The van der Waals surface area contributed by atoms with E-state index in [-0.39, 0.29) is 6.04 Å². The van der Waals surface area contributed by atoms with Gasteiger partial charge in [-0.3, -0.25) is 0 Å². The lowest BCUT2D eigenvalue weighted by atomic mass is 10.1. The van der Waals surface area contributed by atoms with E-state index in [1.165, 1.54) is 0 Å². The molecular formula is C14H20N2O2S2. The van der Waals surface area contributed by atoms with Gasteiger partial charge in [-0.15, -0.1) is 0 Å². The van der Waals surface area contributed by atoms with Crippen molar-refractivity contribution in [2.75, 3.05) is 6.54 Å². The summed E-state index contributed by atoms with van der Waals surface area (Å²) in [5, 5.41) is 0. The standard InChI is InChI=1S/C14H20N2O2S2/c1-11-4-2-3-9-16(11)20(17,18)13-7-5-12(6-8-13)10-14(15)19/h5-8,11H,2-4,9-10H2,1H3,(H2,15,19). The average molecular weight is 312 g/mol. The van der Waals surface area contributed by atoms with Gasteiger partial charge in [-0.05, 0) is 37.5 Å². The van der Waals surface area contributed by atoms with Crippen molar-refractivity contribution in [1.29, 1.82) is 0 Å². The van der Waals surface area contributed by atoms with Crippen LogP contribution in [0.4, 0.5) is 0 Å². The number of hydrogen-bond acceptors (Lipinski definition) is 3. The van der Waals surface area contributed by atoms with E-state index in [4.69, 9.17) is 18.0 Å². The maximum absolute atomic E-state index is 12.6. The van der Waals surface area contributed by atoms with Crippen molar-refractivity contribution in [2.45, 2.75) is 43.5 Å². The number of thiocarbonyl (C=S) groups is 1. The van der Waals surface area contributed by atoms with E-state index in [0.29, 0.717) is 22.8 Å². The van der Waals surface area contributed by atoms with Crippen LogP contribution in [0, 0.1) is 0 Å². The molecule has 1 aliphatic heterocycles. The average Bonchev–Trinajstić information content (AvgIpc) is 2.39. The van der Waals surface area contributed by atoms with Crippen LogP contribution in [0.2, 0.25) is 0 Å². The first-order valence-corrected chi connectivity index (χ1v) is 8.65. The van der Waals surface area contributed by atoms with Gasteiger partial charge in [0, 0.05) is 19.0 Å². The molecule has 1 saturated heterocycles. The second kappa shape index (κ2) is 6.20. The summed E-state index contributed by atoms with van der Waals surface area (Å²) in [5.41, 5.74) is 6.42. The first-order chi connectivity index (χ1) is 9.41. The summed E-state index contributed by atoms with van der Waals surface area (Å²) >= 11 is 4.85. The molecule has 0 spiro atoms. The molecule has 2 N–H and O–H groups in total. The van der Waals surface area contributed by atoms with Crippen molar-refractivity contribution in [3.8, 4) is 0 Å². The molecule has 6 heteroatoms. The Labute approximate surface area is 126 Å². The van der Waals surface area contributed by atoms with Crippen molar-refractivity contribution in [1.82, 2.24) is 4.31 Å². The third-order valence-electron chi connectivity index (χ3n) is 3.65. The number of nitrogens with two attached hydrogens (primary N) is 1. The predicted octanol–water partition coefficient (Wildman–Crippen LogP) is 2.08. The normalized spacial score (nSPS) is 20.8. The van der Waals surface area contributed by atoms with Crippen molar-refractivity contribution in [2.24, 2.45) is 5.73 Å². The maximum Gasteiger partial charge on any atom is 0.243 e. The predicted molar refractivity (Wildman–Crippen MR) is 84.1 cm³/mol. The molecule has 1 aromatic rings. The van der Waals surface area contributed by atoms with E-state index in [2.05, 4.69) is 0 Å². The van der Waals surface area contributed by atoms with Gasteiger partial charge in [0.15, 0.2) is 0 Å². The lowest BCUT2D eigenvalue weighted by Crippen LogP contribution is -2.41. The van der Waals surface area contributed by atoms with Crippen molar-refractivity contribution in [3.63, 3.8) is 0 Å². The van der Waals surface area contributed by atoms with Crippen LogP contribution in [0.5, 0.6) is 0 Å². The Morgan fingerprint density at radius 3 is 2.55 bits per heavy atom. The van der Waals surface area contributed by atoms with E-state index in [9.17, 15) is 8.42 Å². The molecule has 2 rings (SSSR count). The van der Waals surface area contributed by atoms with Crippen LogP contribution in [-0.2, 0) is 16.4 Å². The molecule has 1 fully saturated rings. The zero-order chi connectivity index (χ0) is 14.8. The minimum absolute atomic E-state index is 0.0741. The summed E-state index contributed by atoms with van der Waals surface area (Å²) in [7, 11) is -3.39. The molecule has 1 heterocycles. The van der Waals surface area contributed by atoms with Crippen LogP contribution >= 0.6 is 12.2 Å². The van der Waals surface area contributed by atoms with Crippen molar-refractivity contribution >= 4 is 27.2 Å². The van der Waals surface area contributed by atoms with Crippen molar-refractivity contribution < 1.29 is 8.42 Å².